The van der Waals surface area contributed by atoms with Crippen LogP contribution < -0.4 is 0 Å². The van der Waals surface area contributed by atoms with Crippen LogP contribution in [0.2, 0.25) is 0 Å². The summed E-state index contributed by atoms with van der Waals surface area (Å²) in [7, 11) is 0. The van der Waals surface area contributed by atoms with Gasteiger partial charge in [0.2, 0.25) is 0 Å². The quantitative estimate of drug-likeness (QED) is 0.209. The van der Waals surface area contributed by atoms with Crippen LogP contribution in [0.25, 0.3) is 54.0 Å². The van der Waals surface area contributed by atoms with E-state index in [1.54, 1.807) is 0 Å². The molecule has 0 saturated heterocycles. The second kappa shape index (κ2) is 4.93. The highest BCUT2D eigenvalue weighted by Crippen LogP contribution is 2.42. The molecule has 2 heteroatoms. The fraction of sp³-hybridized carbons (Fsp3) is 0. The molecular weight excluding hydrogens is 340 g/mol. The van der Waals surface area contributed by atoms with E-state index in [0.29, 0.717) is 0 Å². The van der Waals surface area contributed by atoms with Crippen LogP contribution in [0.15, 0.2) is 97.5 Å². The SMILES string of the molecule is c1ccc2c(c1)cc1c3cccc4cccc(c43)c3c1c2cn1ccccn31. The Hall–Kier alpha value is -3.78. The van der Waals surface area contributed by atoms with E-state index in [1.165, 1.54) is 54.0 Å². The topological polar surface area (TPSA) is 8.82 Å². The standard InChI is InChI=1S/C26H16N2/c1-2-10-19-18(7-1)15-22-20-11-5-8-17-9-6-12-21(24(17)20)26-25(22)23(19)16-27-13-3-4-14-28(26)27/h1-16H. The molecular formula is C26H16N2. The number of nitrogens with zero attached hydrogens (tertiary/aromatic N) is 2. The first-order valence-corrected chi connectivity index (χ1v) is 9.63. The number of hydrogen-bond acceptors (Lipinski definition) is 0. The van der Waals surface area contributed by atoms with Crippen LogP contribution in [0.3, 0.4) is 0 Å². The van der Waals surface area contributed by atoms with Crippen molar-refractivity contribution in [1.82, 2.24) is 9.03 Å². The van der Waals surface area contributed by atoms with Crippen molar-refractivity contribution in [1.29, 1.82) is 0 Å². The molecule has 0 saturated carbocycles. The van der Waals surface area contributed by atoms with Crippen LogP contribution in [0.4, 0.5) is 0 Å². The Morgan fingerprint density at radius 2 is 1.25 bits per heavy atom. The van der Waals surface area contributed by atoms with Gasteiger partial charge in [0.1, 0.15) is 0 Å². The molecule has 2 aromatic heterocycles. The van der Waals surface area contributed by atoms with Crippen LogP contribution in [-0.4, -0.2) is 9.03 Å². The van der Waals surface area contributed by atoms with Gasteiger partial charge in [-0.25, -0.2) is 0 Å². The van der Waals surface area contributed by atoms with Gasteiger partial charge in [-0.1, -0.05) is 60.7 Å². The summed E-state index contributed by atoms with van der Waals surface area (Å²) in [5, 5.41) is 11.8. The van der Waals surface area contributed by atoms with Gasteiger partial charge >= 0.3 is 0 Å². The first kappa shape index (κ1) is 14.3. The molecule has 0 radical (unpaired) electrons. The smallest absolute Gasteiger partial charge is 0.0793 e. The zero-order chi connectivity index (χ0) is 18.2. The lowest BCUT2D eigenvalue weighted by Crippen LogP contribution is -2.03. The molecule has 0 bridgehead atoms. The maximum absolute atomic E-state index is 2.37. The predicted molar refractivity (Wildman–Crippen MR) is 118 cm³/mol. The third-order valence-electron chi connectivity index (χ3n) is 6.09. The maximum atomic E-state index is 2.37. The molecule has 2 heterocycles. The van der Waals surface area contributed by atoms with Crippen LogP contribution in [0.1, 0.15) is 0 Å². The lowest BCUT2D eigenvalue weighted by atomic mass is 9.90. The van der Waals surface area contributed by atoms with Crippen molar-refractivity contribution >= 4 is 54.0 Å². The lowest BCUT2D eigenvalue weighted by Gasteiger charge is -2.19. The van der Waals surface area contributed by atoms with Gasteiger partial charge in [-0.15, -0.1) is 0 Å². The van der Waals surface area contributed by atoms with Crippen molar-refractivity contribution < 1.29 is 0 Å². The number of fused-ring (bicyclic) bond motifs is 6. The summed E-state index contributed by atoms with van der Waals surface area (Å²) in [5.74, 6) is 0. The van der Waals surface area contributed by atoms with Crippen LogP contribution in [0.5, 0.6) is 0 Å². The van der Waals surface area contributed by atoms with Crippen molar-refractivity contribution in [2.45, 2.75) is 0 Å². The Morgan fingerprint density at radius 1 is 0.500 bits per heavy atom. The molecule has 0 unspecified atom stereocenters. The van der Waals surface area contributed by atoms with E-state index in [2.05, 4.69) is 106 Å². The lowest BCUT2D eigenvalue weighted by molar-refractivity contribution is 0.818. The molecule has 0 fully saturated rings. The third kappa shape index (κ3) is 1.64. The van der Waals surface area contributed by atoms with Gasteiger partial charge in [-0.3, -0.25) is 9.03 Å². The van der Waals surface area contributed by atoms with Gasteiger partial charge in [-0.2, -0.15) is 0 Å². The van der Waals surface area contributed by atoms with Crippen molar-refractivity contribution in [3.8, 4) is 0 Å². The summed E-state index contributed by atoms with van der Waals surface area (Å²) in [6.07, 6.45) is 6.54. The number of hydrogen-bond donors (Lipinski definition) is 0. The van der Waals surface area contributed by atoms with Gasteiger partial charge < -0.3 is 0 Å². The Bertz CT molecular complexity index is 1710. The number of rotatable bonds is 0. The van der Waals surface area contributed by atoms with Gasteiger partial charge in [0.25, 0.3) is 0 Å². The van der Waals surface area contributed by atoms with E-state index in [1.807, 2.05) is 0 Å². The van der Waals surface area contributed by atoms with Gasteiger partial charge in [-0.05, 0) is 50.5 Å². The highest BCUT2D eigenvalue weighted by atomic mass is 15.3. The Kier molecular flexibility index (Phi) is 2.52. The maximum Gasteiger partial charge on any atom is 0.0793 e. The Labute approximate surface area is 160 Å². The minimum absolute atomic E-state index is 1.27. The van der Waals surface area contributed by atoms with Gasteiger partial charge in [0, 0.05) is 34.7 Å². The molecule has 0 spiro atoms. The Balaban J connectivity index is 1.99. The highest BCUT2D eigenvalue weighted by Gasteiger charge is 2.16. The molecule has 130 valence electrons. The van der Waals surface area contributed by atoms with Gasteiger partial charge in [0.15, 0.2) is 0 Å². The van der Waals surface area contributed by atoms with Gasteiger partial charge in [0.05, 0.1) is 5.52 Å². The predicted octanol–water partition coefficient (Wildman–Crippen LogP) is 6.80. The van der Waals surface area contributed by atoms with Crippen LogP contribution >= 0.6 is 0 Å². The van der Waals surface area contributed by atoms with Crippen LogP contribution in [0, 0.1) is 0 Å². The monoisotopic (exact) mass is 356 g/mol. The summed E-state index contributed by atoms with van der Waals surface area (Å²) < 4.78 is 4.46. The minimum Gasteiger partial charge on any atom is -0.263 e. The third-order valence-corrected chi connectivity index (χ3v) is 6.09. The van der Waals surface area contributed by atoms with Crippen LogP contribution in [-0.2, 0) is 0 Å². The number of aromatic nitrogens is 2. The first-order valence-electron chi connectivity index (χ1n) is 9.63. The zero-order valence-corrected chi connectivity index (χ0v) is 15.1. The van der Waals surface area contributed by atoms with E-state index in [4.69, 9.17) is 0 Å². The summed E-state index contributed by atoms with van der Waals surface area (Å²) in [4.78, 5) is 0. The largest absolute Gasteiger partial charge is 0.263 e. The molecule has 0 aliphatic carbocycles. The normalized spacial score (nSPS) is 12.3. The number of benzene rings is 5. The Morgan fingerprint density at radius 3 is 2.18 bits per heavy atom. The van der Waals surface area contributed by atoms with E-state index in [0.717, 1.165) is 0 Å². The molecule has 5 aromatic carbocycles. The summed E-state index contributed by atoms with van der Waals surface area (Å²) in [6, 6.07) is 28.6. The average Bonchev–Trinajstić information content (AvgIpc) is 2.76. The molecule has 0 amide bonds. The van der Waals surface area contributed by atoms with E-state index >= 15 is 0 Å². The van der Waals surface area contributed by atoms with Crippen molar-refractivity contribution in [3.63, 3.8) is 0 Å². The van der Waals surface area contributed by atoms with E-state index < -0.39 is 0 Å². The van der Waals surface area contributed by atoms with Crippen molar-refractivity contribution in [3.05, 3.63) is 97.5 Å². The summed E-state index contributed by atoms with van der Waals surface area (Å²) in [6.45, 7) is 0. The second-order valence-corrected chi connectivity index (χ2v) is 7.53. The average molecular weight is 356 g/mol. The molecule has 0 N–H and O–H groups in total. The first-order chi connectivity index (χ1) is 13.9. The highest BCUT2D eigenvalue weighted by molar-refractivity contribution is 6.35. The van der Waals surface area contributed by atoms with E-state index in [-0.39, 0.29) is 0 Å². The molecule has 7 aromatic rings. The molecule has 2 nitrogen and oxygen atoms in total. The fourth-order valence-corrected chi connectivity index (χ4v) is 4.96. The van der Waals surface area contributed by atoms with E-state index in [9.17, 15) is 0 Å². The molecule has 0 aliphatic heterocycles. The minimum atomic E-state index is 1.27. The summed E-state index contributed by atoms with van der Waals surface area (Å²) >= 11 is 0. The summed E-state index contributed by atoms with van der Waals surface area (Å²) in [5.41, 5.74) is 1.27. The zero-order valence-electron chi connectivity index (χ0n) is 15.1. The molecule has 7 rings (SSSR count). The van der Waals surface area contributed by atoms with Crippen molar-refractivity contribution in [2.24, 2.45) is 0 Å². The second-order valence-electron chi connectivity index (χ2n) is 7.53. The molecule has 0 aliphatic rings. The van der Waals surface area contributed by atoms with Crippen molar-refractivity contribution in [2.75, 3.05) is 0 Å². The fourth-order valence-electron chi connectivity index (χ4n) is 4.96. The molecule has 0 atom stereocenters. The molecule has 28 heavy (non-hydrogen) atoms.